The molecule has 5 heteroatoms. The maximum atomic E-state index is 13.2. The lowest BCUT2D eigenvalue weighted by atomic mass is 9.99. The molecule has 0 aliphatic heterocycles. The Labute approximate surface area is 96.4 Å². The van der Waals surface area contributed by atoms with Crippen LogP contribution in [0.3, 0.4) is 0 Å². The second kappa shape index (κ2) is 4.87. The maximum Gasteiger partial charge on any atom is 0.328 e. The van der Waals surface area contributed by atoms with Crippen molar-refractivity contribution in [3.8, 4) is 0 Å². The molecule has 1 unspecified atom stereocenters. The quantitative estimate of drug-likeness (QED) is 0.624. The topological polar surface area (TPSA) is 20.2 Å². The van der Waals surface area contributed by atoms with E-state index in [1.807, 2.05) is 0 Å². The molecule has 1 rings (SSSR count). The predicted molar refractivity (Wildman–Crippen MR) is 56.1 cm³/mol. The molecule has 1 nitrogen and oxygen atoms in total. The number of hydrogen-bond donors (Lipinski definition) is 1. The number of allylic oxidation sites excluding steroid dienone is 1. The summed E-state index contributed by atoms with van der Waals surface area (Å²) in [7, 11) is 0. The van der Waals surface area contributed by atoms with Gasteiger partial charge in [-0.1, -0.05) is 36.9 Å². The minimum Gasteiger partial charge on any atom is -0.388 e. The zero-order valence-electron chi connectivity index (χ0n) is 8.91. The van der Waals surface area contributed by atoms with Crippen LogP contribution in [0.15, 0.2) is 43.0 Å². The van der Waals surface area contributed by atoms with Gasteiger partial charge >= 0.3 is 11.8 Å². The third kappa shape index (κ3) is 3.06. The average molecular weight is 248 g/mol. The molecule has 0 bridgehead atoms. The van der Waals surface area contributed by atoms with Gasteiger partial charge in [0.2, 0.25) is 0 Å². The van der Waals surface area contributed by atoms with Crippen molar-refractivity contribution in [1.82, 2.24) is 0 Å². The van der Waals surface area contributed by atoms with Crippen molar-refractivity contribution in [3.05, 3.63) is 48.6 Å². The molecule has 17 heavy (non-hydrogen) atoms. The van der Waals surface area contributed by atoms with Crippen LogP contribution >= 0.6 is 0 Å². The first-order chi connectivity index (χ1) is 7.80. The molecule has 1 aromatic carbocycles. The third-order valence-electron chi connectivity index (χ3n) is 2.38. The third-order valence-corrected chi connectivity index (χ3v) is 2.38. The zero-order chi connectivity index (χ0) is 13.1. The summed E-state index contributed by atoms with van der Waals surface area (Å²) in [5.41, 5.74) is 0.173. The van der Waals surface area contributed by atoms with Crippen LogP contribution in [0.4, 0.5) is 17.6 Å². The van der Waals surface area contributed by atoms with Crippen LogP contribution in [-0.2, 0) is 0 Å². The second-order valence-electron chi connectivity index (χ2n) is 3.66. The van der Waals surface area contributed by atoms with Crippen LogP contribution in [0, 0.1) is 0 Å². The van der Waals surface area contributed by atoms with E-state index in [2.05, 4.69) is 6.58 Å². The van der Waals surface area contributed by atoms with Crippen LogP contribution < -0.4 is 0 Å². The molecule has 0 aliphatic rings. The second-order valence-corrected chi connectivity index (χ2v) is 3.66. The van der Waals surface area contributed by atoms with Gasteiger partial charge in [0.15, 0.2) is 0 Å². The molecular formula is C12H12F4O. The fourth-order valence-corrected chi connectivity index (χ4v) is 1.32. The van der Waals surface area contributed by atoms with Crippen molar-refractivity contribution in [2.75, 3.05) is 0 Å². The summed E-state index contributed by atoms with van der Waals surface area (Å²) in [5.74, 6) is -8.66. The summed E-state index contributed by atoms with van der Waals surface area (Å²) in [6, 6.07) is 7.48. The van der Waals surface area contributed by atoms with Gasteiger partial charge in [-0.15, -0.1) is 0 Å². The minimum absolute atomic E-state index is 0.106. The number of aliphatic hydroxyl groups excluding tert-OH is 1. The lowest BCUT2D eigenvalue weighted by molar-refractivity contribution is -0.194. The fourth-order valence-electron chi connectivity index (χ4n) is 1.32. The highest BCUT2D eigenvalue weighted by Crippen LogP contribution is 2.41. The van der Waals surface area contributed by atoms with E-state index in [9.17, 15) is 22.7 Å². The van der Waals surface area contributed by atoms with Crippen LogP contribution in [0.1, 0.15) is 18.1 Å². The molecule has 0 fully saturated rings. The summed E-state index contributed by atoms with van der Waals surface area (Å²) < 4.78 is 52.0. The van der Waals surface area contributed by atoms with Gasteiger partial charge in [0, 0.05) is 6.42 Å². The summed E-state index contributed by atoms with van der Waals surface area (Å²) in [5, 5.41) is 9.47. The fraction of sp³-hybridized carbons (Fsp3) is 0.333. The van der Waals surface area contributed by atoms with Gasteiger partial charge in [-0.25, -0.2) is 0 Å². The zero-order valence-corrected chi connectivity index (χ0v) is 8.91. The molecule has 0 spiro atoms. The number of hydrogen-bond acceptors (Lipinski definition) is 1. The monoisotopic (exact) mass is 248 g/mol. The smallest absolute Gasteiger partial charge is 0.328 e. The van der Waals surface area contributed by atoms with E-state index in [1.165, 1.54) is 24.3 Å². The first-order valence-electron chi connectivity index (χ1n) is 4.92. The first-order valence-corrected chi connectivity index (χ1v) is 4.92. The lowest BCUT2D eigenvalue weighted by Crippen LogP contribution is -2.39. The van der Waals surface area contributed by atoms with Crippen LogP contribution in [0.25, 0.3) is 0 Å². The van der Waals surface area contributed by atoms with Gasteiger partial charge in [0.1, 0.15) is 0 Å². The molecule has 1 atom stereocenters. The lowest BCUT2D eigenvalue weighted by Gasteiger charge is -2.25. The van der Waals surface area contributed by atoms with Crippen molar-refractivity contribution in [2.24, 2.45) is 0 Å². The average Bonchev–Trinajstić information content (AvgIpc) is 2.29. The minimum atomic E-state index is -4.33. The molecule has 0 aliphatic carbocycles. The van der Waals surface area contributed by atoms with Crippen molar-refractivity contribution in [3.63, 3.8) is 0 Å². The van der Waals surface area contributed by atoms with E-state index in [1.54, 1.807) is 6.07 Å². The number of rotatable bonds is 5. The molecular weight excluding hydrogens is 236 g/mol. The predicted octanol–water partition coefficient (Wildman–Crippen LogP) is 3.57. The molecule has 0 saturated carbocycles. The largest absolute Gasteiger partial charge is 0.388 e. The SMILES string of the molecule is C=CC(F)(F)C(F)(F)CC(O)c1ccccc1. The van der Waals surface area contributed by atoms with Crippen LogP contribution in [-0.4, -0.2) is 17.0 Å². The van der Waals surface area contributed by atoms with Gasteiger partial charge in [0.25, 0.3) is 0 Å². The van der Waals surface area contributed by atoms with Crippen molar-refractivity contribution in [1.29, 1.82) is 0 Å². The molecule has 0 aromatic heterocycles. The van der Waals surface area contributed by atoms with Gasteiger partial charge in [-0.3, -0.25) is 0 Å². The number of aliphatic hydroxyl groups is 1. The highest BCUT2D eigenvalue weighted by Gasteiger charge is 2.54. The maximum absolute atomic E-state index is 13.2. The Morgan fingerprint density at radius 2 is 1.71 bits per heavy atom. The number of benzene rings is 1. The highest BCUT2D eigenvalue weighted by molar-refractivity contribution is 5.18. The standard InChI is InChI=1S/C12H12F4O/c1-2-11(13,14)12(15,16)8-10(17)9-6-4-3-5-7-9/h2-7,10,17H,1,8H2. The first kappa shape index (κ1) is 13.7. The van der Waals surface area contributed by atoms with Gasteiger partial charge in [-0.05, 0) is 11.6 Å². The Morgan fingerprint density at radius 3 is 2.18 bits per heavy atom. The van der Waals surface area contributed by atoms with Gasteiger partial charge < -0.3 is 5.11 Å². The Balaban J connectivity index is 2.82. The molecule has 1 N–H and O–H groups in total. The van der Waals surface area contributed by atoms with Gasteiger partial charge in [0.05, 0.1) is 6.10 Å². The van der Waals surface area contributed by atoms with Crippen LogP contribution in [0.2, 0.25) is 0 Å². The number of alkyl halides is 4. The molecule has 1 aromatic rings. The Hall–Kier alpha value is -1.36. The summed E-state index contributed by atoms with van der Waals surface area (Å²) >= 11 is 0. The Morgan fingerprint density at radius 1 is 1.18 bits per heavy atom. The van der Waals surface area contributed by atoms with E-state index < -0.39 is 24.4 Å². The molecule has 0 radical (unpaired) electrons. The van der Waals surface area contributed by atoms with E-state index in [-0.39, 0.29) is 11.6 Å². The molecule has 94 valence electrons. The van der Waals surface area contributed by atoms with E-state index in [0.717, 1.165) is 0 Å². The number of halogens is 4. The highest BCUT2D eigenvalue weighted by atomic mass is 19.3. The van der Waals surface area contributed by atoms with Crippen molar-refractivity contribution in [2.45, 2.75) is 24.4 Å². The summed E-state index contributed by atoms with van der Waals surface area (Å²) in [6.45, 7) is 2.67. The van der Waals surface area contributed by atoms with Gasteiger partial charge in [-0.2, -0.15) is 17.6 Å². The summed E-state index contributed by atoms with van der Waals surface area (Å²) in [4.78, 5) is 0. The van der Waals surface area contributed by atoms with E-state index >= 15 is 0 Å². The van der Waals surface area contributed by atoms with Crippen LogP contribution in [0.5, 0.6) is 0 Å². The molecule has 0 amide bonds. The van der Waals surface area contributed by atoms with Crippen molar-refractivity contribution < 1.29 is 22.7 Å². The normalized spacial score (nSPS) is 14.4. The summed E-state index contributed by atoms with van der Waals surface area (Å²) in [6.07, 6.45) is -3.10. The van der Waals surface area contributed by atoms with E-state index in [0.29, 0.717) is 0 Å². The van der Waals surface area contributed by atoms with Crippen molar-refractivity contribution >= 4 is 0 Å². The molecule has 0 heterocycles. The van der Waals surface area contributed by atoms with E-state index in [4.69, 9.17) is 0 Å². The Kier molecular flexibility index (Phi) is 3.93. The molecule has 0 saturated heterocycles. The Bertz CT molecular complexity index is 375.